The van der Waals surface area contributed by atoms with Crippen molar-refractivity contribution in [2.24, 2.45) is 10.7 Å². The van der Waals surface area contributed by atoms with E-state index in [2.05, 4.69) is 25.9 Å². The Bertz CT molecular complexity index is 1490. The largest absolute Gasteiger partial charge is 0.394 e. The first-order valence-corrected chi connectivity index (χ1v) is 13.3. The predicted molar refractivity (Wildman–Crippen MR) is 154 cm³/mol. The van der Waals surface area contributed by atoms with Crippen molar-refractivity contribution in [3.05, 3.63) is 88.6 Å². The molecule has 1 aliphatic carbocycles. The van der Waals surface area contributed by atoms with Gasteiger partial charge in [-0.2, -0.15) is 0 Å². The maximum atomic E-state index is 14.6. The van der Waals surface area contributed by atoms with Crippen LogP contribution in [0.1, 0.15) is 36.0 Å². The zero-order valence-electron chi connectivity index (χ0n) is 22.1. The van der Waals surface area contributed by atoms with Gasteiger partial charge in [0, 0.05) is 30.8 Å². The minimum Gasteiger partial charge on any atom is -0.394 e. The van der Waals surface area contributed by atoms with Crippen LogP contribution in [0.5, 0.6) is 0 Å². The summed E-state index contributed by atoms with van der Waals surface area (Å²) in [5.41, 5.74) is 6.31. The van der Waals surface area contributed by atoms with E-state index in [-0.39, 0.29) is 51.3 Å². The van der Waals surface area contributed by atoms with Crippen molar-refractivity contribution in [3.63, 3.8) is 0 Å². The number of carbonyl (C=O) groups excluding carboxylic acids is 2. The third kappa shape index (κ3) is 7.65. The van der Waals surface area contributed by atoms with Gasteiger partial charge < -0.3 is 26.8 Å². The number of nitrogens with zero attached hydrogens (tertiary/aromatic N) is 2. The number of nitrogens with two attached hydrogens (primary N) is 1. The topological polar surface area (TPSA) is 142 Å². The molecule has 4 rings (SSSR count). The Hall–Kier alpha value is -4.35. The van der Waals surface area contributed by atoms with Crippen LogP contribution in [-0.2, 0) is 4.79 Å². The van der Waals surface area contributed by atoms with Crippen LogP contribution in [0.2, 0.25) is 5.02 Å². The fraction of sp³-hybridized carbons (Fsp3) is 0.241. The molecule has 12 heteroatoms. The van der Waals surface area contributed by atoms with Gasteiger partial charge in [-0.25, -0.2) is 18.8 Å². The summed E-state index contributed by atoms with van der Waals surface area (Å²) in [4.78, 5) is 34.5. The molecular formula is C29H29ClF2N6O3. The lowest BCUT2D eigenvalue weighted by Gasteiger charge is -2.26. The normalized spacial score (nSPS) is 17.6. The maximum absolute atomic E-state index is 14.6. The van der Waals surface area contributed by atoms with E-state index in [0.29, 0.717) is 37.4 Å². The summed E-state index contributed by atoms with van der Waals surface area (Å²) in [6.45, 7) is 0. The smallest absolute Gasteiger partial charge is 0.267 e. The highest BCUT2D eigenvalue weighted by Gasteiger charge is 2.22. The van der Waals surface area contributed by atoms with Crippen LogP contribution in [0.15, 0.2) is 71.4 Å². The second-order valence-electron chi connectivity index (χ2n) is 9.46. The highest BCUT2D eigenvalue weighted by molar-refractivity contribution is 6.34. The van der Waals surface area contributed by atoms with Crippen molar-refractivity contribution in [2.45, 2.75) is 37.8 Å². The van der Waals surface area contributed by atoms with Gasteiger partial charge in [-0.3, -0.25) is 9.59 Å². The molecule has 214 valence electrons. The standard InChI is InChI=1S/C29H29ClF2N6O3/c1-34-27-23(32)14-22(31)26(38-27)16-7-12-21(30)20(13-16)28(40)37-25(35-17-5-3-2-4-6-17)15-24(33)29(41)36-18-8-10-19(39)11-9-18/h2-7,12-15,18-19,39H,8-11,33H2,1H3,(H,34,38)(H,36,41)(H,35,37,40). The number of rotatable bonds is 7. The summed E-state index contributed by atoms with van der Waals surface area (Å²) >= 11 is 6.31. The fourth-order valence-corrected chi connectivity index (χ4v) is 4.52. The highest BCUT2D eigenvalue weighted by Crippen LogP contribution is 2.28. The lowest BCUT2D eigenvalue weighted by Crippen LogP contribution is -2.41. The third-order valence-corrected chi connectivity index (χ3v) is 6.81. The molecule has 9 nitrogen and oxygen atoms in total. The number of aliphatic hydroxyl groups excluding tert-OH is 1. The van der Waals surface area contributed by atoms with Gasteiger partial charge in [0.25, 0.3) is 11.8 Å². The first kappa shape index (κ1) is 29.6. The van der Waals surface area contributed by atoms with Gasteiger partial charge in [-0.1, -0.05) is 35.9 Å². The molecule has 1 saturated carbocycles. The number of nitrogens with one attached hydrogen (secondary N) is 3. The molecule has 1 fully saturated rings. The molecule has 0 aliphatic heterocycles. The zero-order chi connectivity index (χ0) is 29.5. The molecule has 1 aliphatic rings. The Morgan fingerprint density at radius 1 is 1.07 bits per heavy atom. The third-order valence-electron chi connectivity index (χ3n) is 6.48. The first-order valence-electron chi connectivity index (χ1n) is 12.9. The molecule has 2 amide bonds. The molecule has 1 heterocycles. The van der Waals surface area contributed by atoms with E-state index in [0.717, 1.165) is 0 Å². The van der Waals surface area contributed by atoms with E-state index in [1.807, 2.05) is 0 Å². The van der Waals surface area contributed by atoms with E-state index < -0.39 is 23.4 Å². The summed E-state index contributed by atoms with van der Waals surface area (Å²) in [7, 11) is 1.44. The second-order valence-corrected chi connectivity index (χ2v) is 9.87. The fourth-order valence-electron chi connectivity index (χ4n) is 4.31. The number of benzene rings is 2. The minimum absolute atomic E-state index is 0.0429. The number of pyridine rings is 1. The molecule has 0 atom stereocenters. The van der Waals surface area contributed by atoms with Crippen molar-refractivity contribution < 1.29 is 23.5 Å². The average molecular weight is 583 g/mol. The van der Waals surface area contributed by atoms with Crippen molar-refractivity contribution in [2.75, 3.05) is 12.4 Å². The van der Waals surface area contributed by atoms with E-state index >= 15 is 0 Å². The summed E-state index contributed by atoms with van der Waals surface area (Å²) < 4.78 is 28.5. The zero-order valence-corrected chi connectivity index (χ0v) is 22.9. The van der Waals surface area contributed by atoms with E-state index in [9.17, 15) is 23.5 Å². The van der Waals surface area contributed by atoms with Gasteiger partial charge >= 0.3 is 0 Å². The Balaban J connectivity index is 1.61. The molecule has 6 N–H and O–H groups in total. The number of amides is 2. The van der Waals surface area contributed by atoms with Gasteiger partial charge in [0.15, 0.2) is 17.5 Å². The van der Waals surface area contributed by atoms with Gasteiger partial charge in [-0.15, -0.1) is 0 Å². The first-order chi connectivity index (χ1) is 19.6. The molecule has 41 heavy (non-hydrogen) atoms. The number of para-hydroxylation sites is 1. The van der Waals surface area contributed by atoms with E-state index in [1.165, 1.54) is 31.3 Å². The number of aliphatic imine (C=N–C) groups is 1. The molecule has 0 bridgehead atoms. The van der Waals surface area contributed by atoms with Crippen LogP contribution in [0, 0.1) is 11.6 Å². The molecule has 0 unspecified atom stereocenters. The lowest BCUT2D eigenvalue weighted by molar-refractivity contribution is -0.118. The second kappa shape index (κ2) is 13.3. The monoisotopic (exact) mass is 582 g/mol. The number of aromatic nitrogens is 1. The van der Waals surface area contributed by atoms with E-state index in [1.54, 1.807) is 30.3 Å². The molecule has 1 aromatic heterocycles. The van der Waals surface area contributed by atoms with Crippen LogP contribution in [0.25, 0.3) is 11.3 Å². The average Bonchev–Trinajstić information content (AvgIpc) is 2.95. The number of hydrogen-bond donors (Lipinski definition) is 5. The number of anilines is 1. The maximum Gasteiger partial charge on any atom is 0.267 e. The summed E-state index contributed by atoms with van der Waals surface area (Å²) in [6, 6.07) is 13.4. The summed E-state index contributed by atoms with van der Waals surface area (Å²) in [6.07, 6.45) is 3.27. The van der Waals surface area contributed by atoms with Crippen LogP contribution < -0.4 is 21.7 Å². The van der Waals surface area contributed by atoms with Gasteiger partial charge in [0.1, 0.15) is 17.2 Å². The van der Waals surface area contributed by atoms with Crippen LogP contribution in [0.4, 0.5) is 20.3 Å². The summed E-state index contributed by atoms with van der Waals surface area (Å²) in [5, 5.41) is 17.8. The predicted octanol–water partition coefficient (Wildman–Crippen LogP) is 4.44. The van der Waals surface area contributed by atoms with Gasteiger partial charge in [-0.05, 0) is 49.9 Å². The molecule has 2 aromatic carbocycles. The number of aliphatic hydroxyl groups is 1. The molecule has 0 spiro atoms. The van der Waals surface area contributed by atoms with Crippen LogP contribution in [-0.4, -0.2) is 46.9 Å². The summed E-state index contributed by atoms with van der Waals surface area (Å²) in [5.74, 6) is -3.25. The quantitative estimate of drug-likeness (QED) is 0.158. The highest BCUT2D eigenvalue weighted by atomic mass is 35.5. The Morgan fingerprint density at radius 2 is 1.78 bits per heavy atom. The molecule has 0 saturated heterocycles. The number of carbonyl (C=O) groups is 2. The van der Waals surface area contributed by atoms with E-state index in [4.69, 9.17) is 17.3 Å². The Labute approximate surface area is 240 Å². The molecular weight excluding hydrogens is 554 g/mol. The molecule has 3 aromatic rings. The Kier molecular flexibility index (Phi) is 9.64. The van der Waals surface area contributed by atoms with Gasteiger partial charge in [0.2, 0.25) is 0 Å². The van der Waals surface area contributed by atoms with Crippen LogP contribution in [0.3, 0.4) is 0 Å². The van der Waals surface area contributed by atoms with Crippen molar-refractivity contribution in [1.82, 2.24) is 15.6 Å². The number of hydrogen-bond acceptors (Lipinski definition) is 7. The van der Waals surface area contributed by atoms with Crippen molar-refractivity contribution in [3.8, 4) is 11.3 Å². The van der Waals surface area contributed by atoms with Crippen molar-refractivity contribution >= 4 is 40.8 Å². The van der Waals surface area contributed by atoms with Crippen LogP contribution >= 0.6 is 11.6 Å². The Morgan fingerprint density at radius 3 is 2.46 bits per heavy atom. The lowest BCUT2D eigenvalue weighted by atomic mass is 9.93. The molecule has 0 radical (unpaired) electrons. The van der Waals surface area contributed by atoms with Crippen molar-refractivity contribution in [1.29, 1.82) is 0 Å². The SMILES string of the molecule is CNc1nc(-c2ccc(Cl)c(C(=O)NC(C=C(N)C(=O)NC3CCC(O)CC3)=Nc3ccccc3)c2)c(F)cc1F. The minimum atomic E-state index is -0.921. The van der Waals surface area contributed by atoms with Gasteiger partial charge in [0.05, 0.1) is 22.4 Å². The number of amidine groups is 1. The number of halogens is 3.